The zero-order chi connectivity index (χ0) is 19.1. The summed E-state index contributed by atoms with van der Waals surface area (Å²) in [6, 6.07) is 6.19. The molecule has 26 heavy (non-hydrogen) atoms. The summed E-state index contributed by atoms with van der Waals surface area (Å²) >= 11 is 1.76. The van der Waals surface area contributed by atoms with Crippen molar-refractivity contribution >= 4 is 23.0 Å². The predicted molar refractivity (Wildman–Crippen MR) is 107 cm³/mol. The number of aromatic nitrogens is 1. The van der Waals surface area contributed by atoms with Crippen LogP contribution in [0.15, 0.2) is 23.6 Å². The molecular formula is C20H29N3O2S. The standard InChI is InChI=1S/C20H29N3O2S/c1-5-21-20(25)14-22(6-2)13-19(24)18-12-15(3)23(16(18)4)10-9-17-8-7-11-26-17/h7-8,11-12H,5-6,9-10,13-14H2,1-4H3,(H,21,25). The first-order valence-corrected chi connectivity index (χ1v) is 10.1. The molecule has 0 aliphatic carbocycles. The average molecular weight is 376 g/mol. The highest BCUT2D eigenvalue weighted by molar-refractivity contribution is 7.09. The van der Waals surface area contributed by atoms with E-state index in [0.717, 1.165) is 29.9 Å². The molecule has 0 fully saturated rings. The number of ketones is 1. The van der Waals surface area contributed by atoms with E-state index in [0.29, 0.717) is 13.1 Å². The number of thiophene rings is 1. The molecule has 6 heteroatoms. The molecule has 0 saturated heterocycles. The molecule has 0 saturated carbocycles. The highest BCUT2D eigenvalue weighted by Crippen LogP contribution is 2.18. The number of rotatable bonds is 10. The van der Waals surface area contributed by atoms with Crippen LogP contribution in [0.1, 0.15) is 40.5 Å². The number of carbonyl (C=O) groups excluding carboxylic acids is 2. The van der Waals surface area contributed by atoms with Crippen molar-refractivity contribution in [2.75, 3.05) is 26.2 Å². The minimum atomic E-state index is -0.0384. The van der Waals surface area contributed by atoms with Crippen molar-refractivity contribution in [1.82, 2.24) is 14.8 Å². The third kappa shape index (κ3) is 5.29. The summed E-state index contributed by atoms with van der Waals surface area (Å²) in [5.41, 5.74) is 2.88. The Morgan fingerprint density at radius 3 is 2.62 bits per heavy atom. The van der Waals surface area contributed by atoms with Crippen LogP contribution in [0.25, 0.3) is 0 Å². The number of nitrogens with one attached hydrogen (secondary N) is 1. The summed E-state index contributed by atoms with van der Waals surface area (Å²) in [6.45, 7) is 10.6. The maximum atomic E-state index is 12.8. The Morgan fingerprint density at radius 2 is 2.00 bits per heavy atom. The van der Waals surface area contributed by atoms with Crippen molar-refractivity contribution in [3.63, 3.8) is 0 Å². The quantitative estimate of drug-likeness (QED) is 0.650. The first-order valence-electron chi connectivity index (χ1n) is 9.17. The molecule has 0 aliphatic rings. The Balaban J connectivity index is 2.04. The van der Waals surface area contributed by atoms with Crippen molar-refractivity contribution in [2.24, 2.45) is 0 Å². The number of Topliss-reactive ketones (excluding diaryl/α,β-unsaturated/α-hetero) is 1. The average Bonchev–Trinajstić information content (AvgIpc) is 3.21. The van der Waals surface area contributed by atoms with Crippen LogP contribution in [0, 0.1) is 13.8 Å². The van der Waals surface area contributed by atoms with Gasteiger partial charge in [-0.15, -0.1) is 11.3 Å². The highest BCUT2D eigenvalue weighted by atomic mass is 32.1. The lowest BCUT2D eigenvalue weighted by Crippen LogP contribution is -2.39. The largest absolute Gasteiger partial charge is 0.355 e. The van der Waals surface area contributed by atoms with Gasteiger partial charge in [0.1, 0.15) is 0 Å². The van der Waals surface area contributed by atoms with Crippen LogP contribution in [-0.4, -0.2) is 47.3 Å². The molecule has 0 radical (unpaired) electrons. The molecule has 5 nitrogen and oxygen atoms in total. The van der Waals surface area contributed by atoms with Crippen molar-refractivity contribution in [3.8, 4) is 0 Å². The fourth-order valence-electron chi connectivity index (χ4n) is 3.13. The number of hydrogen-bond donors (Lipinski definition) is 1. The summed E-state index contributed by atoms with van der Waals surface area (Å²) in [7, 11) is 0. The number of amides is 1. The van der Waals surface area contributed by atoms with Crippen LogP contribution < -0.4 is 5.32 Å². The summed E-state index contributed by atoms with van der Waals surface area (Å²) < 4.78 is 2.22. The maximum absolute atomic E-state index is 12.8. The Morgan fingerprint density at radius 1 is 1.23 bits per heavy atom. The maximum Gasteiger partial charge on any atom is 0.234 e. The normalized spacial score (nSPS) is 11.1. The number of hydrogen-bond acceptors (Lipinski definition) is 4. The van der Waals surface area contributed by atoms with Crippen LogP contribution in [0.3, 0.4) is 0 Å². The lowest BCUT2D eigenvalue weighted by molar-refractivity contribution is -0.121. The Labute approximate surface area is 160 Å². The Hall–Kier alpha value is -1.92. The topological polar surface area (TPSA) is 54.3 Å². The highest BCUT2D eigenvalue weighted by Gasteiger charge is 2.19. The van der Waals surface area contributed by atoms with Gasteiger partial charge in [-0.1, -0.05) is 13.0 Å². The fourth-order valence-corrected chi connectivity index (χ4v) is 3.83. The molecule has 0 aliphatic heterocycles. The van der Waals surface area contributed by atoms with E-state index >= 15 is 0 Å². The predicted octanol–water partition coefficient (Wildman–Crippen LogP) is 3.05. The first kappa shape index (κ1) is 20.4. The van der Waals surface area contributed by atoms with Gasteiger partial charge in [0, 0.05) is 34.9 Å². The van der Waals surface area contributed by atoms with Gasteiger partial charge in [0.2, 0.25) is 5.91 Å². The van der Waals surface area contributed by atoms with Gasteiger partial charge in [0.25, 0.3) is 0 Å². The molecule has 1 amide bonds. The smallest absolute Gasteiger partial charge is 0.234 e. The van der Waals surface area contributed by atoms with Crippen molar-refractivity contribution in [1.29, 1.82) is 0 Å². The van der Waals surface area contributed by atoms with Crippen LogP contribution >= 0.6 is 11.3 Å². The molecule has 2 aromatic rings. The summed E-state index contributed by atoms with van der Waals surface area (Å²) in [5.74, 6) is 0.0372. The summed E-state index contributed by atoms with van der Waals surface area (Å²) in [5, 5.41) is 4.87. The molecule has 142 valence electrons. The monoisotopic (exact) mass is 375 g/mol. The molecule has 2 heterocycles. The van der Waals surface area contributed by atoms with E-state index in [9.17, 15) is 9.59 Å². The molecule has 1 N–H and O–H groups in total. The van der Waals surface area contributed by atoms with E-state index in [-0.39, 0.29) is 24.8 Å². The van der Waals surface area contributed by atoms with E-state index in [2.05, 4.69) is 27.4 Å². The van der Waals surface area contributed by atoms with Crippen molar-refractivity contribution in [2.45, 2.75) is 40.7 Å². The molecular weight excluding hydrogens is 346 g/mol. The minimum absolute atomic E-state index is 0.0384. The van der Waals surface area contributed by atoms with Gasteiger partial charge < -0.3 is 9.88 Å². The summed E-state index contributed by atoms with van der Waals surface area (Å²) in [4.78, 5) is 27.8. The lowest BCUT2D eigenvalue weighted by Gasteiger charge is -2.18. The molecule has 0 bridgehead atoms. The zero-order valence-electron chi connectivity index (χ0n) is 16.2. The first-order chi connectivity index (χ1) is 12.5. The molecule has 2 aromatic heterocycles. The SMILES string of the molecule is CCNC(=O)CN(CC)CC(=O)c1cc(C)n(CCc2cccs2)c1C. The number of likely N-dealkylation sites (N-methyl/N-ethyl adjacent to an activating group) is 2. The van der Waals surface area contributed by atoms with Gasteiger partial charge in [-0.3, -0.25) is 14.5 Å². The fraction of sp³-hybridized carbons (Fsp3) is 0.500. The third-order valence-corrected chi connectivity index (χ3v) is 5.53. The molecule has 0 unspecified atom stereocenters. The van der Waals surface area contributed by atoms with Gasteiger partial charge in [0.05, 0.1) is 13.1 Å². The summed E-state index contributed by atoms with van der Waals surface area (Å²) in [6.07, 6.45) is 0.972. The second-order valence-corrected chi connectivity index (χ2v) is 7.48. The van der Waals surface area contributed by atoms with E-state index in [4.69, 9.17) is 0 Å². The molecule has 0 aromatic carbocycles. The second-order valence-electron chi connectivity index (χ2n) is 6.45. The van der Waals surface area contributed by atoms with E-state index in [1.807, 2.05) is 38.7 Å². The Bertz CT molecular complexity index is 735. The van der Waals surface area contributed by atoms with Gasteiger partial charge in [-0.2, -0.15) is 0 Å². The van der Waals surface area contributed by atoms with Crippen LogP contribution in [0.4, 0.5) is 0 Å². The van der Waals surface area contributed by atoms with Crippen LogP contribution in [-0.2, 0) is 17.8 Å². The zero-order valence-corrected chi connectivity index (χ0v) is 17.0. The van der Waals surface area contributed by atoms with Gasteiger partial charge in [-0.25, -0.2) is 0 Å². The molecule has 2 rings (SSSR count). The van der Waals surface area contributed by atoms with Gasteiger partial charge in [-0.05, 0) is 51.2 Å². The number of carbonyl (C=O) groups is 2. The van der Waals surface area contributed by atoms with Crippen molar-refractivity contribution < 1.29 is 9.59 Å². The Kier molecular flexibility index (Phi) is 7.60. The van der Waals surface area contributed by atoms with E-state index in [1.165, 1.54) is 4.88 Å². The lowest BCUT2D eigenvalue weighted by atomic mass is 10.1. The van der Waals surface area contributed by atoms with Gasteiger partial charge in [0.15, 0.2) is 5.78 Å². The number of aryl methyl sites for hydroxylation is 2. The number of nitrogens with zero attached hydrogens (tertiary/aromatic N) is 2. The van der Waals surface area contributed by atoms with E-state index in [1.54, 1.807) is 11.3 Å². The van der Waals surface area contributed by atoms with Crippen molar-refractivity contribution in [3.05, 3.63) is 45.4 Å². The second kappa shape index (κ2) is 9.69. The van der Waals surface area contributed by atoms with Crippen LogP contribution in [0.2, 0.25) is 0 Å². The molecule has 0 atom stereocenters. The molecule has 0 spiro atoms. The van der Waals surface area contributed by atoms with E-state index < -0.39 is 0 Å². The minimum Gasteiger partial charge on any atom is -0.355 e. The van der Waals surface area contributed by atoms with Crippen LogP contribution in [0.5, 0.6) is 0 Å². The van der Waals surface area contributed by atoms with Gasteiger partial charge >= 0.3 is 0 Å². The third-order valence-electron chi connectivity index (χ3n) is 4.59.